The van der Waals surface area contributed by atoms with Crippen LogP contribution in [0.4, 0.5) is 11.4 Å². The fourth-order valence-corrected chi connectivity index (χ4v) is 4.09. The maximum atomic E-state index is 12.8. The van der Waals surface area contributed by atoms with Crippen LogP contribution in [0.3, 0.4) is 0 Å². The molecule has 0 radical (unpaired) electrons. The fraction of sp³-hybridized carbons (Fsp3) is 0.318. The average molecular weight is 428 g/mol. The Morgan fingerprint density at radius 1 is 1.07 bits per heavy atom. The van der Waals surface area contributed by atoms with Gasteiger partial charge in [-0.15, -0.1) is 0 Å². The summed E-state index contributed by atoms with van der Waals surface area (Å²) in [5, 5.41) is 5.88. The molecular weight excluding hydrogens is 402 g/mol. The van der Waals surface area contributed by atoms with Gasteiger partial charge < -0.3 is 20.3 Å². The van der Waals surface area contributed by atoms with Crippen molar-refractivity contribution in [1.82, 2.24) is 4.90 Å². The number of carbonyl (C=O) groups excluding carboxylic acids is 3. The molecule has 1 fully saturated rings. The van der Waals surface area contributed by atoms with E-state index in [1.165, 1.54) is 7.11 Å². The molecule has 7 nitrogen and oxygen atoms in total. The van der Waals surface area contributed by atoms with Gasteiger partial charge in [0.05, 0.1) is 19.2 Å². The predicted molar refractivity (Wildman–Crippen MR) is 119 cm³/mol. The Morgan fingerprint density at radius 3 is 2.43 bits per heavy atom. The number of hydrogen-bond acceptors (Lipinski definition) is 6. The second kappa shape index (κ2) is 10.2. The van der Waals surface area contributed by atoms with E-state index in [-0.39, 0.29) is 18.4 Å². The molecule has 1 saturated heterocycles. The molecule has 1 heterocycles. The number of amides is 2. The number of benzene rings is 2. The molecule has 0 atom stereocenters. The van der Waals surface area contributed by atoms with Crippen LogP contribution >= 0.6 is 11.8 Å². The molecule has 1 aliphatic heterocycles. The van der Waals surface area contributed by atoms with Gasteiger partial charge in [0, 0.05) is 41.5 Å². The van der Waals surface area contributed by atoms with Crippen molar-refractivity contribution < 1.29 is 19.1 Å². The van der Waals surface area contributed by atoms with Crippen LogP contribution < -0.4 is 10.6 Å². The number of nitrogens with zero attached hydrogens (tertiary/aromatic N) is 1. The summed E-state index contributed by atoms with van der Waals surface area (Å²) < 4.78 is 4.66. The van der Waals surface area contributed by atoms with Crippen LogP contribution in [-0.4, -0.2) is 60.9 Å². The van der Waals surface area contributed by atoms with Crippen LogP contribution in [-0.2, 0) is 9.53 Å². The lowest BCUT2D eigenvalue weighted by molar-refractivity contribution is -0.114. The number of carbonyl (C=O) groups is 3. The predicted octanol–water partition coefficient (Wildman–Crippen LogP) is 3.02. The van der Waals surface area contributed by atoms with Gasteiger partial charge in [-0.25, -0.2) is 4.79 Å². The van der Waals surface area contributed by atoms with Gasteiger partial charge in [-0.3, -0.25) is 9.59 Å². The van der Waals surface area contributed by atoms with Crippen LogP contribution in [0.5, 0.6) is 0 Å². The summed E-state index contributed by atoms with van der Waals surface area (Å²) in [5.41, 5.74) is 3.24. The Morgan fingerprint density at radius 2 is 1.77 bits per heavy atom. The van der Waals surface area contributed by atoms with Crippen molar-refractivity contribution in [2.75, 3.05) is 48.9 Å². The first-order valence-corrected chi connectivity index (χ1v) is 10.8. The van der Waals surface area contributed by atoms with E-state index in [0.717, 1.165) is 35.8 Å². The second-order valence-electron chi connectivity index (χ2n) is 6.85. The van der Waals surface area contributed by atoms with Crippen molar-refractivity contribution in [2.45, 2.75) is 6.92 Å². The van der Waals surface area contributed by atoms with Gasteiger partial charge in [0.15, 0.2) is 0 Å². The van der Waals surface area contributed by atoms with Crippen molar-refractivity contribution in [3.05, 3.63) is 59.2 Å². The molecule has 0 spiro atoms. The first kappa shape index (κ1) is 21.7. The molecule has 0 bridgehead atoms. The molecule has 2 N–H and O–H groups in total. The van der Waals surface area contributed by atoms with E-state index in [1.807, 2.05) is 41.8 Å². The number of esters is 1. The molecule has 1 aliphatic rings. The highest BCUT2D eigenvalue weighted by molar-refractivity contribution is 7.99. The summed E-state index contributed by atoms with van der Waals surface area (Å²) >= 11 is 1.86. The smallest absolute Gasteiger partial charge is 0.337 e. The molecule has 0 aromatic heterocycles. The molecule has 0 aliphatic carbocycles. The van der Waals surface area contributed by atoms with E-state index < -0.39 is 5.97 Å². The third kappa shape index (κ3) is 5.33. The van der Waals surface area contributed by atoms with E-state index in [4.69, 9.17) is 0 Å². The number of ether oxygens (including phenoxy) is 1. The van der Waals surface area contributed by atoms with Gasteiger partial charge in [0.1, 0.15) is 0 Å². The second-order valence-corrected chi connectivity index (χ2v) is 8.08. The first-order chi connectivity index (χ1) is 14.5. The summed E-state index contributed by atoms with van der Waals surface area (Å²) in [7, 11) is 1.32. The minimum absolute atomic E-state index is 0.0339. The lowest BCUT2D eigenvalue weighted by atomic mass is 10.1. The minimum atomic E-state index is -0.428. The largest absolute Gasteiger partial charge is 0.465 e. The maximum Gasteiger partial charge on any atom is 0.337 e. The van der Waals surface area contributed by atoms with E-state index in [2.05, 4.69) is 15.4 Å². The third-order valence-corrected chi connectivity index (χ3v) is 5.83. The zero-order chi connectivity index (χ0) is 21.5. The zero-order valence-corrected chi connectivity index (χ0v) is 17.9. The van der Waals surface area contributed by atoms with Crippen LogP contribution in [0.2, 0.25) is 0 Å². The van der Waals surface area contributed by atoms with Crippen molar-refractivity contribution in [3.63, 3.8) is 0 Å². The Balaban J connectivity index is 1.59. The molecule has 2 amide bonds. The number of anilines is 2. The number of nitrogens with one attached hydrogen (secondary N) is 2. The van der Waals surface area contributed by atoms with Crippen molar-refractivity contribution in [2.24, 2.45) is 0 Å². The standard InChI is InChI=1S/C22H25N3O4S/c1-15-18(21(27)25-10-12-30-13-11-25)4-3-5-19(15)23-14-20(26)24-17-8-6-16(7-9-17)22(28)29-2/h3-9,23H,10-14H2,1-2H3,(H,24,26). The molecular formula is C22H25N3O4S. The van der Waals surface area contributed by atoms with Gasteiger partial charge in [-0.05, 0) is 48.9 Å². The van der Waals surface area contributed by atoms with Gasteiger partial charge >= 0.3 is 5.97 Å². The Hall–Kier alpha value is -3.00. The molecule has 0 saturated carbocycles. The molecule has 8 heteroatoms. The fourth-order valence-electron chi connectivity index (χ4n) is 3.18. The van der Waals surface area contributed by atoms with Crippen molar-refractivity contribution >= 4 is 40.9 Å². The molecule has 2 aromatic rings. The maximum absolute atomic E-state index is 12.8. The Labute approximate surface area is 180 Å². The molecule has 3 rings (SSSR count). The van der Waals surface area contributed by atoms with Gasteiger partial charge in [-0.2, -0.15) is 11.8 Å². The van der Waals surface area contributed by atoms with Crippen LogP contribution in [0.1, 0.15) is 26.3 Å². The van der Waals surface area contributed by atoms with E-state index in [9.17, 15) is 14.4 Å². The van der Waals surface area contributed by atoms with E-state index >= 15 is 0 Å². The average Bonchev–Trinajstić information content (AvgIpc) is 2.78. The van der Waals surface area contributed by atoms with Crippen LogP contribution in [0.15, 0.2) is 42.5 Å². The first-order valence-electron chi connectivity index (χ1n) is 9.68. The number of thioether (sulfide) groups is 1. The van der Waals surface area contributed by atoms with Gasteiger partial charge in [0.2, 0.25) is 5.91 Å². The summed E-state index contributed by atoms with van der Waals surface area (Å²) in [4.78, 5) is 38.5. The highest BCUT2D eigenvalue weighted by Gasteiger charge is 2.20. The topological polar surface area (TPSA) is 87.7 Å². The highest BCUT2D eigenvalue weighted by Crippen LogP contribution is 2.22. The van der Waals surface area contributed by atoms with Gasteiger partial charge in [0.25, 0.3) is 5.91 Å². The monoisotopic (exact) mass is 427 g/mol. The molecule has 30 heavy (non-hydrogen) atoms. The number of rotatable bonds is 6. The lowest BCUT2D eigenvalue weighted by Crippen LogP contribution is -2.38. The van der Waals surface area contributed by atoms with Crippen molar-refractivity contribution in [3.8, 4) is 0 Å². The highest BCUT2D eigenvalue weighted by atomic mass is 32.2. The molecule has 2 aromatic carbocycles. The zero-order valence-electron chi connectivity index (χ0n) is 17.1. The number of hydrogen-bond donors (Lipinski definition) is 2. The Kier molecular flexibility index (Phi) is 7.35. The van der Waals surface area contributed by atoms with Crippen LogP contribution in [0, 0.1) is 6.92 Å². The molecule has 158 valence electrons. The van der Waals surface area contributed by atoms with E-state index in [0.29, 0.717) is 16.8 Å². The Bertz CT molecular complexity index is 924. The number of methoxy groups -OCH3 is 1. The van der Waals surface area contributed by atoms with Gasteiger partial charge in [-0.1, -0.05) is 6.07 Å². The summed E-state index contributed by atoms with van der Waals surface area (Å²) in [6, 6.07) is 12.0. The quantitative estimate of drug-likeness (QED) is 0.689. The SMILES string of the molecule is COC(=O)c1ccc(NC(=O)CNc2cccc(C(=O)N3CCSCC3)c2C)cc1. The lowest BCUT2D eigenvalue weighted by Gasteiger charge is -2.27. The van der Waals surface area contributed by atoms with E-state index in [1.54, 1.807) is 24.3 Å². The summed E-state index contributed by atoms with van der Waals surface area (Å²) in [5.74, 6) is 1.30. The van der Waals surface area contributed by atoms with Crippen LogP contribution in [0.25, 0.3) is 0 Å². The van der Waals surface area contributed by atoms with Crippen molar-refractivity contribution in [1.29, 1.82) is 0 Å². The summed E-state index contributed by atoms with van der Waals surface area (Å²) in [6.07, 6.45) is 0. The normalized spacial score (nSPS) is 13.5. The third-order valence-electron chi connectivity index (χ3n) is 4.89. The summed E-state index contributed by atoms with van der Waals surface area (Å²) in [6.45, 7) is 3.46. The minimum Gasteiger partial charge on any atom is -0.465 e. The molecule has 0 unspecified atom stereocenters.